The summed E-state index contributed by atoms with van der Waals surface area (Å²) in [6.07, 6.45) is 0. The number of aryl methyl sites for hydroxylation is 2. The summed E-state index contributed by atoms with van der Waals surface area (Å²) in [5.74, 6) is 0.310. The minimum absolute atomic E-state index is 0.211. The van der Waals surface area contributed by atoms with Crippen molar-refractivity contribution in [2.75, 3.05) is 0 Å². The summed E-state index contributed by atoms with van der Waals surface area (Å²) in [5.41, 5.74) is 1.83. The molecule has 6 nitrogen and oxygen atoms in total. The zero-order valence-electron chi connectivity index (χ0n) is 10.8. The highest BCUT2D eigenvalue weighted by Gasteiger charge is 2.18. The first kappa shape index (κ1) is 11.6. The van der Waals surface area contributed by atoms with Crippen molar-refractivity contribution in [1.82, 2.24) is 19.1 Å². The largest absolute Gasteiger partial charge is 0.352 e. The zero-order chi connectivity index (χ0) is 13.7. The summed E-state index contributed by atoms with van der Waals surface area (Å²) in [6, 6.07) is 5.76. The molecule has 0 saturated heterocycles. The van der Waals surface area contributed by atoms with Gasteiger partial charge in [-0.2, -0.15) is 4.98 Å². The molecule has 0 fully saturated rings. The summed E-state index contributed by atoms with van der Waals surface area (Å²) < 4.78 is 2.69. The van der Waals surface area contributed by atoms with E-state index < -0.39 is 11.2 Å². The number of rotatable bonds is 0. The molecule has 0 amide bonds. The maximum atomic E-state index is 12.1. The van der Waals surface area contributed by atoms with E-state index in [0.29, 0.717) is 11.3 Å². The molecule has 3 rings (SSSR count). The molecule has 96 valence electrons. The highest BCUT2D eigenvalue weighted by atomic mass is 16.2. The topological polar surface area (TPSA) is 69.8 Å². The highest BCUT2D eigenvalue weighted by molar-refractivity contribution is 5.79. The Labute approximate surface area is 108 Å². The van der Waals surface area contributed by atoms with E-state index in [0.717, 1.165) is 15.6 Å². The van der Waals surface area contributed by atoms with Gasteiger partial charge < -0.3 is 4.57 Å². The molecular weight excluding hydrogens is 244 g/mol. The lowest BCUT2D eigenvalue weighted by Crippen LogP contribution is -2.36. The Hall–Kier alpha value is -2.50. The molecule has 6 heteroatoms. The van der Waals surface area contributed by atoms with Crippen molar-refractivity contribution >= 4 is 11.0 Å². The molecule has 2 aliphatic rings. The van der Waals surface area contributed by atoms with Gasteiger partial charge in [-0.05, 0) is 24.6 Å². The molecule has 1 aromatic carbocycles. The quantitative estimate of drug-likeness (QED) is 0.547. The van der Waals surface area contributed by atoms with Gasteiger partial charge in [-0.15, -0.1) is 0 Å². The van der Waals surface area contributed by atoms with Gasteiger partial charge in [0.15, 0.2) is 11.5 Å². The van der Waals surface area contributed by atoms with E-state index in [2.05, 4.69) is 9.97 Å². The van der Waals surface area contributed by atoms with Crippen LogP contribution in [0, 0.1) is 6.92 Å². The third kappa shape index (κ3) is 1.56. The Bertz CT molecular complexity index is 892. The average Bonchev–Trinajstić information content (AvgIpc) is 2.38. The Balaban J connectivity index is 2.62. The maximum Gasteiger partial charge on any atom is 0.352 e. The second-order valence-electron chi connectivity index (χ2n) is 4.59. The van der Waals surface area contributed by atoms with Gasteiger partial charge in [-0.1, -0.05) is 6.07 Å². The number of benzene rings is 1. The highest BCUT2D eigenvalue weighted by Crippen LogP contribution is 2.19. The van der Waals surface area contributed by atoms with Crippen molar-refractivity contribution in [3.63, 3.8) is 0 Å². The molecule has 0 saturated carbocycles. The monoisotopic (exact) mass is 256 g/mol. The van der Waals surface area contributed by atoms with Crippen LogP contribution in [0.5, 0.6) is 0 Å². The van der Waals surface area contributed by atoms with Gasteiger partial charge in [0, 0.05) is 14.1 Å². The van der Waals surface area contributed by atoms with Gasteiger partial charge in [0.2, 0.25) is 0 Å². The van der Waals surface area contributed by atoms with Crippen molar-refractivity contribution in [1.29, 1.82) is 0 Å². The fourth-order valence-electron chi connectivity index (χ4n) is 2.13. The van der Waals surface area contributed by atoms with Crippen LogP contribution in [0.2, 0.25) is 0 Å². The number of nitrogens with zero attached hydrogens (tertiary/aromatic N) is 4. The molecular formula is C13H12N4O2. The molecule has 0 N–H and O–H groups in total. The lowest BCUT2D eigenvalue weighted by Gasteiger charge is -2.13. The first-order valence-electron chi connectivity index (χ1n) is 5.83. The van der Waals surface area contributed by atoms with Crippen LogP contribution in [0.15, 0.2) is 27.8 Å². The van der Waals surface area contributed by atoms with Crippen LogP contribution in [-0.4, -0.2) is 19.1 Å². The van der Waals surface area contributed by atoms with Crippen molar-refractivity contribution in [2.45, 2.75) is 6.92 Å². The third-order valence-electron chi connectivity index (χ3n) is 3.25. The van der Waals surface area contributed by atoms with Gasteiger partial charge in [0.05, 0.1) is 11.0 Å². The van der Waals surface area contributed by atoms with Crippen molar-refractivity contribution in [3.8, 4) is 11.5 Å². The summed E-state index contributed by atoms with van der Waals surface area (Å²) in [7, 11) is 3.17. The second kappa shape index (κ2) is 3.74. The zero-order valence-corrected chi connectivity index (χ0v) is 10.8. The normalized spacial score (nSPS) is 11.3. The first-order chi connectivity index (χ1) is 8.99. The van der Waals surface area contributed by atoms with Gasteiger partial charge in [0.1, 0.15) is 0 Å². The minimum Gasteiger partial charge on any atom is -0.325 e. The van der Waals surface area contributed by atoms with E-state index in [1.54, 1.807) is 11.6 Å². The molecule has 2 aliphatic heterocycles. The van der Waals surface area contributed by atoms with Crippen LogP contribution >= 0.6 is 0 Å². The fourth-order valence-corrected chi connectivity index (χ4v) is 2.13. The lowest BCUT2D eigenvalue weighted by molar-refractivity contribution is 0.748. The summed E-state index contributed by atoms with van der Waals surface area (Å²) in [5, 5.41) is 0. The molecule has 0 unspecified atom stereocenters. The second-order valence-corrected chi connectivity index (χ2v) is 4.59. The van der Waals surface area contributed by atoms with E-state index >= 15 is 0 Å². The van der Waals surface area contributed by atoms with Crippen LogP contribution in [0.3, 0.4) is 0 Å². The maximum absolute atomic E-state index is 12.1. The molecule has 1 aromatic rings. The predicted molar refractivity (Wildman–Crippen MR) is 71.4 cm³/mol. The molecule has 0 radical (unpaired) electrons. The number of hydrogen-bond acceptors (Lipinski definition) is 4. The number of hydrogen-bond donors (Lipinski definition) is 0. The average molecular weight is 256 g/mol. The van der Waals surface area contributed by atoms with Gasteiger partial charge in [-0.3, -0.25) is 9.36 Å². The van der Waals surface area contributed by atoms with Gasteiger partial charge >= 0.3 is 5.69 Å². The fraction of sp³-hybridized carbons (Fsp3) is 0.231. The Morgan fingerprint density at radius 3 is 2.53 bits per heavy atom. The van der Waals surface area contributed by atoms with Gasteiger partial charge in [-0.25, -0.2) is 9.78 Å². The first-order valence-corrected chi connectivity index (χ1v) is 5.83. The summed E-state index contributed by atoms with van der Waals surface area (Å²) in [4.78, 5) is 31.9. The van der Waals surface area contributed by atoms with E-state index in [1.807, 2.05) is 25.1 Å². The molecule has 0 aromatic heterocycles. The van der Waals surface area contributed by atoms with E-state index in [4.69, 9.17) is 0 Å². The smallest absolute Gasteiger partial charge is 0.325 e. The Morgan fingerprint density at radius 2 is 1.79 bits per heavy atom. The van der Waals surface area contributed by atoms with Crippen LogP contribution in [0.4, 0.5) is 0 Å². The van der Waals surface area contributed by atoms with E-state index in [9.17, 15) is 9.59 Å². The summed E-state index contributed by atoms with van der Waals surface area (Å²) >= 11 is 0. The minimum atomic E-state index is -0.568. The number of aromatic nitrogens is 4. The lowest BCUT2D eigenvalue weighted by atomic mass is 10.2. The molecule has 2 heterocycles. The Morgan fingerprint density at radius 1 is 1.05 bits per heavy atom. The standard InChI is InChI=1S/C13H12N4O2/c1-7-4-5-9-8(6-7)14-10-11(16(9)2)15-13(19)17(3)12(10)18/h4-6H,1-3H3. The van der Waals surface area contributed by atoms with Crippen LogP contribution in [0.1, 0.15) is 5.56 Å². The third-order valence-corrected chi connectivity index (χ3v) is 3.25. The molecule has 19 heavy (non-hydrogen) atoms. The van der Waals surface area contributed by atoms with Crippen molar-refractivity contribution in [2.24, 2.45) is 14.1 Å². The summed E-state index contributed by atoms with van der Waals surface area (Å²) in [6.45, 7) is 1.96. The Kier molecular flexibility index (Phi) is 2.28. The predicted octanol–water partition coefficient (Wildman–Crippen LogP) is 0.440. The van der Waals surface area contributed by atoms with E-state index in [1.165, 1.54) is 7.05 Å². The van der Waals surface area contributed by atoms with Crippen LogP contribution in [-0.2, 0) is 14.1 Å². The van der Waals surface area contributed by atoms with Crippen molar-refractivity contribution < 1.29 is 0 Å². The van der Waals surface area contributed by atoms with Crippen LogP contribution < -0.4 is 11.2 Å². The number of fused-ring (bicyclic) bond motifs is 2. The SMILES string of the molecule is Cc1ccc2c(c1)nc1c(=O)n(C)c(=O)nc-1n2C. The molecule has 0 spiro atoms. The van der Waals surface area contributed by atoms with Crippen molar-refractivity contribution in [3.05, 3.63) is 44.6 Å². The molecule has 0 bridgehead atoms. The molecule has 0 aliphatic carbocycles. The van der Waals surface area contributed by atoms with Gasteiger partial charge in [0.25, 0.3) is 5.56 Å². The molecule has 0 atom stereocenters. The van der Waals surface area contributed by atoms with Crippen LogP contribution in [0.25, 0.3) is 22.6 Å². The van der Waals surface area contributed by atoms with E-state index in [-0.39, 0.29) is 5.69 Å².